The number of carbonyl (C=O) groups is 2. The summed E-state index contributed by atoms with van der Waals surface area (Å²) in [5.41, 5.74) is 3.29. The van der Waals surface area contributed by atoms with Gasteiger partial charge in [0.1, 0.15) is 5.75 Å². The van der Waals surface area contributed by atoms with Crippen LogP contribution in [0.2, 0.25) is 0 Å². The lowest BCUT2D eigenvalue weighted by Crippen LogP contribution is -2.14. The van der Waals surface area contributed by atoms with Crippen LogP contribution in [0.15, 0.2) is 89.1 Å². The number of para-hydroxylation sites is 1. The van der Waals surface area contributed by atoms with Crippen molar-refractivity contribution in [2.75, 3.05) is 23.5 Å². The van der Waals surface area contributed by atoms with E-state index in [0.717, 1.165) is 27.5 Å². The first-order valence-corrected chi connectivity index (χ1v) is 12.4. The van der Waals surface area contributed by atoms with Gasteiger partial charge in [0.05, 0.1) is 25.0 Å². The summed E-state index contributed by atoms with van der Waals surface area (Å²) in [5, 5.41) is 8.19. The van der Waals surface area contributed by atoms with Crippen LogP contribution in [0.1, 0.15) is 5.56 Å². The molecule has 0 fully saturated rings. The number of ether oxygens (including phenoxy) is 1. The van der Waals surface area contributed by atoms with E-state index in [2.05, 4.69) is 15.6 Å². The van der Waals surface area contributed by atoms with Gasteiger partial charge in [-0.25, -0.2) is 4.98 Å². The minimum Gasteiger partial charge on any atom is -0.496 e. The van der Waals surface area contributed by atoms with Gasteiger partial charge in [-0.1, -0.05) is 48.5 Å². The van der Waals surface area contributed by atoms with Crippen LogP contribution in [0.25, 0.3) is 11.3 Å². The maximum Gasteiger partial charge on any atom is 0.236 e. The van der Waals surface area contributed by atoms with E-state index >= 15 is 0 Å². The number of thiazole rings is 1. The van der Waals surface area contributed by atoms with Gasteiger partial charge in [0.15, 0.2) is 5.13 Å². The Labute approximate surface area is 206 Å². The number of benzene rings is 3. The van der Waals surface area contributed by atoms with E-state index in [1.807, 2.05) is 84.2 Å². The van der Waals surface area contributed by atoms with Crippen molar-refractivity contribution in [3.05, 3.63) is 89.8 Å². The van der Waals surface area contributed by atoms with E-state index in [4.69, 9.17) is 4.74 Å². The van der Waals surface area contributed by atoms with Crippen LogP contribution in [-0.4, -0.2) is 29.7 Å². The van der Waals surface area contributed by atoms with E-state index in [1.165, 1.54) is 23.1 Å². The van der Waals surface area contributed by atoms with Crippen LogP contribution < -0.4 is 15.4 Å². The van der Waals surface area contributed by atoms with E-state index < -0.39 is 0 Å². The largest absolute Gasteiger partial charge is 0.496 e. The number of carbonyl (C=O) groups excluding carboxylic acids is 2. The molecular formula is C26H23N3O3S2. The summed E-state index contributed by atoms with van der Waals surface area (Å²) in [6.45, 7) is 0. The first kappa shape index (κ1) is 23.5. The molecule has 0 aliphatic carbocycles. The van der Waals surface area contributed by atoms with Gasteiger partial charge in [-0.05, 0) is 35.9 Å². The second-order valence-electron chi connectivity index (χ2n) is 7.31. The molecule has 34 heavy (non-hydrogen) atoms. The first-order valence-electron chi connectivity index (χ1n) is 10.6. The summed E-state index contributed by atoms with van der Waals surface area (Å²) in [4.78, 5) is 30.2. The van der Waals surface area contributed by atoms with Crippen LogP contribution in [0.5, 0.6) is 5.75 Å². The fourth-order valence-electron chi connectivity index (χ4n) is 3.27. The summed E-state index contributed by atoms with van der Waals surface area (Å²) in [5.74, 6) is 0.729. The van der Waals surface area contributed by atoms with E-state index in [-0.39, 0.29) is 17.6 Å². The number of nitrogens with one attached hydrogen (secondary N) is 2. The number of methoxy groups -OCH3 is 1. The van der Waals surface area contributed by atoms with E-state index in [9.17, 15) is 9.59 Å². The Kier molecular flexibility index (Phi) is 7.95. The topological polar surface area (TPSA) is 80.3 Å². The molecule has 172 valence electrons. The summed E-state index contributed by atoms with van der Waals surface area (Å²) < 4.78 is 5.39. The molecule has 2 N–H and O–H groups in total. The van der Waals surface area contributed by atoms with Crippen molar-refractivity contribution in [1.29, 1.82) is 0 Å². The summed E-state index contributed by atoms with van der Waals surface area (Å²) in [6.07, 6.45) is 0.311. The SMILES string of the molecule is COc1ccccc1-c1csc(NC(=O)CSc2cccc(NC(=O)Cc3ccccc3)c2)n1. The Bertz CT molecular complexity index is 1280. The fraction of sp³-hybridized carbons (Fsp3) is 0.115. The van der Waals surface area contributed by atoms with Crippen molar-refractivity contribution in [3.63, 3.8) is 0 Å². The van der Waals surface area contributed by atoms with Crippen LogP contribution in [-0.2, 0) is 16.0 Å². The molecule has 4 rings (SSSR count). The zero-order chi connectivity index (χ0) is 23.8. The molecule has 0 unspecified atom stereocenters. The second-order valence-corrected chi connectivity index (χ2v) is 9.22. The number of hydrogen-bond donors (Lipinski definition) is 2. The number of amides is 2. The van der Waals surface area contributed by atoms with Crippen molar-refractivity contribution in [1.82, 2.24) is 4.98 Å². The number of aromatic nitrogens is 1. The lowest BCUT2D eigenvalue weighted by Gasteiger charge is -2.08. The zero-order valence-electron chi connectivity index (χ0n) is 18.5. The Morgan fingerprint density at radius 1 is 0.941 bits per heavy atom. The summed E-state index contributed by atoms with van der Waals surface area (Å²) >= 11 is 2.76. The zero-order valence-corrected chi connectivity index (χ0v) is 20.1. The molecule has 2 amide bonds. The average Bonchev–Trinajstić information content (AvgIpc) is 3.31. The number of nitrogens with zero attached hydrogens (tertiary/aromatic N) is 1. The second kappa shape index (κ2) is 11.5. The molecule has 0 saturated heterocycles. The van der Waals surface area contributed by atoms with Gasteiger partial charge in [-0.2, -0.15) is 0 Å². The molecule has 0 atom stereocenters. The van der Waals surface area contributed by atoms with Crippen LogP contribution in [0, 0.1) is 0 Å². The predicted molar refractivity (Wildman–Crippen MR) is 139 cm³/mol. The van der Waals surface area contributed by atoms with Gasteiger partial charge in [0.25, 0.3) is 0 Å². The highest BCUT2D eigenvalue weighted by atomic mass is 32.2. The molecule has 0 bridgehead atoms. The third kappa shape index (κ3) is 6.46. The van der Waals surface area contributed by atoms with Crippen LogP contribution >= 0.6 is 23.1 Å². The van der Waals surface area contributed by atoms with Crippen molar-refractivity contribution < 1.29 is 14.3 Å². The number of anilines is 2. The fourth-order valence-corrected chi connectivity index (χ4v) is 4.75. The van der Waals surface area contributed by atoms with Crippen molar-refractivity contribution >= 4 is 45.7 Å². The van der Waals surface area contributed by atoms with Crippen molar-refractivity contribution in [3.8, 4) is 17.0 Å². The average molecular weight is 490 g/mol. The van der Waals surface area contributed by atoms with Gasteiger partial charge in [-0.3, -0.25) is 9.59 Å². The van der Waals surface area contributed by atoms with Gasteiger partial charge in [0.2, 0.25) is 11.8 Å². The molecule has 0 saturated carbocycles. The molecule has 0 aliphatic rings. The minimum atomic E-state index is -0.149. The normalized spacial score (nSPS) is 10.5. The summed E-state index contributed by atoms with van der Waals surface area (Å²) in [7, 11) is 1.62. The predicted octanol–water partition coefficient (Wildman–Crippen LogP) is 5.73. The maximum atomic E-state index is 12.5. The van der Waals surface area contributed by atoms with E-state index in [1.54, 1.807) is 7.11 Å². The highest BCUT2D eigenvalue weighted by molar-refractivity contribution is 8.00. The van der Waals surface area contributed by atoms with Gasteiger partial charge in [0, 0.05) is 21.5 Å². The molecule has 8 heteroatoms. The van der Waals surface area contributed by atoms with Crippen LogP contribution in [0.3, 0.4) is 0 Å². The number of thioether (sulfide) groups is 1. The van der Waals surface area contributed by atoms with Gasteiger partial charge in [-0.15, -0.1) is 23.1 Å². The van der Waals surface area contributed by atoms with E-state index in [0.29, 0.717) is 17.2 Å². The van der Waals surface area contributed by atoms with Crippen LogP contribution in [0.4, 0.5) is 10.8 Å². The lowest BCUT2D eigenvalue weighted by atomic mass is 10.1. The van der Waals surface area contributed by atoms with Gasteiger partial charge < -0.3 is 15.4 Å². The molecule has 0 spiro atoms. The third-order valence-corrected chi connectivity index (χ3v) is 6.58. The number of hydrogen-bond acceptors (Lipinski definition) is 6. The maximum absolute atomic E-state index is 12.5. The third-order valence-electron chi connectivity index (χ3n) is 4.83. The molecule has 0 aliphatic heterocycles. The molecule has 4 aromatic rings. The van der Waals surface area contributed by atoms with Crippen molar-refractivity contribution in [2.45, 2.75) is 11.3 Å². The van der Waals surface area contributed by atoms with Gasteiger partial charge >= 0.3 is 0 Å². The highest BCUT2D eigenvalue weighted by Crippen LogP contribution is 2.32. The smallest absolute Gasteiger partial charge is 0.236 e. The molecule has 0 radical (unpaired) electrons. The Morgan fingerprint density at radius 3 is 2.56 bits per heavy atom. The molecule has 1 aromatic heterocycles. The quantitative estimate of drug-likeness (QED) is 0.294. The first-order chi connectivity index (χ1) is 16.6. The lowest BCUT2D eigenvalue weighted by molar-refractivity contribution is -0.115. The molecule has 3 aromatic carbocycles. The number of rotatable bonds is 9. The summed E-state index contributed by atoms with van der Waals surface area (Å²) in [6, 6.07) is 24.7. The Hall–Kier alpha value is -3.62. The molecular weight excluding hydrogens is 466 g/mol. The highest BCUT2D eigenvalue weighted by Gasteiger charge is 2.12. The van der Waals surface area contributed by atoms with Crippen molar-refractivity contribution in [2.24, 2.45) is 0 Å². The molecule has 6 nitrogen and oxygen atoms in total. The Morgan fingerprint density at radius 2 is 1.74 bits per heavy atom. The Balaban J connectivity index is 1.30. The minimum absolute atomic E-state index is 0.0827. The monoisotopic (exact) mass is 489 g/mol. The standard InChI is InChI=1S/C26H23N3O3S2/c1-32-23-13-6-5-12-21(23)22-16-34-26(28-22)29-25(31)17-33-20-11-7-10-19(15-20)27-24(30)14-18-8-3-2-4-9-18/h2-13,15-16H,14,17H2,1H3,(H,27,30)(H,28,29,31). The molecule has 1 heterocycles.